The van der Waals surface area contributed by atoms with Gasteiger partial charge in [0, 0.05) is 24.4 Å². The number of likely N-dealkylation sites (N-methyl/N-ethyl adjacent to an activating group) is 1. The number of rotatable bonds is 2. The van der Waals surface area contributed by atoms with Crippen LogP contribution in [-0.2, 0) is 6.42 Å². The molecule has 17 heavy (non-hydrogen) atoms. The van der Waals surface area contributed by atoms with Gasteiger partial charge in [0.25, 0.3) is 0 Å². The van der Waals surface area contributed by atoms with E-state index in [0.717, 1.165) is 38.2 Å². The highest BCUT2D eigenvalue weighted by molar-refractivity contribution is 5.14. The number of imidazole rings is 1. The summed E-state index contributed by atoms with van der Waals surface area (Å²) in [7, 11) is 0. The van der Waals surface area contributed by atoms with Crippen LogP contribution in [0.2, 0.25) is 0 Å². The molecule has 1 saturated heterocycles. The number of nitrogens with zero attached hydrogens (tertiary/aromatic N) is 3. The molecule has 2 aliphatic rings. The Labute approximate surface area is 102 Å². The summed E-state index contributed by atoms with van der Waals surface area (Å²) in [5.41, 5.74) is 1.22. The van der Waals surface area contributed by atoms with Crippen LogP contribution in [0, 0.1) is 0 Å². The molecule has 1 N–H and O–H groups in total. The number of aryl methyl sites for hydroxylation is 1. The van der Waals surface area contributed by atoms with E-state index >= 15 is 0 Å². The van der Waals surface area contributed by atoms with Crippen molar-refractivity contribution in [3.05, 3.63) is 17.7 Å². The number of hydrogen-bond donors (Lipinski definition) is 1. The van der Waals surface area contributed by atoms with Crippen molar-refractivity contribution in [3.63, 3.8) is 0 Å². The largest absolute Gasteiger partial charge is 0.373 e. The summed E-state index contributed by atoms with van der Waals surface area (Å²) in [6.07, 6.45) is 5.82. The topological polar surface area (TPSA) is 41.3 Å². The molecule has 1 fully saturated rings. The van der Waals surface area contributed by atoms with Crippen molar-refractivity contribution in [2.45, 2.75) is 44.8 Å². The first kappa shape index (κ1) is 11.2. The van der Waals surface area contributed by atoms with Crippen LogP contribution in [0.5, 0.6) is 0 Å². The van der Waals surface area contributed by atoms with Gasteiger partial charge in [0.1, 0.15) is 12.1 Å². The Balaban J connectivity index is 1.86. The molecule has 94 valence electrons. The van der Waals surface area contributed by atoms with Gasteiger partial charge in [-0.25, -0.2) is 4.98 Å². The van der Waals surface area contributed by atoms with Crippen LogP contribution in [0.3, 0.4) is 0 Å². The van der Waals surface area contributed by atoms with E-state index in [0.29, 0.717) is 5.92 Å². The zero-order chi connectivity index (χ0) is 11.8. The van der Waals surface area contributed by atoms with Crippen molar-refractivity contribution in [1.29, 1.82) is 0 Å². The number of aliphatic hydroxyl groups is 1. The third-order valence-corrected chi connectivity index (χ3v) is 4.18. The van der Waals surface area contributed by atoms with E-state index in [1.165, 1.54) is 18.7 Å². The fraction of sp³-hybridized carbons (Fsp3) is 0.769. The van der Waals surface area contributed by atoms with Crippen molar-refractivity contribution in [1.82, 2.24) is 14.5 Å². The summed E-state index contributed by atoms with van der Waals surface area (Å²) < 4.78 is 2.09. The fourth-order valence-electron chi connectivity index (χ4n) is 3.17. The van der Waals surface area contributed by atoms with Gasteiger partial charge in [-0.2, -0.15) is 0 Å². The molecule has 1 aromatic rings. The molecule has 0 radical (unpaired) electrons. The first-order chi connectivity index (χ1) is 8.29. The van der Waals surface area contributed by atoms with E-state index in [9.17, 15) is 5.11 Å². The Morgan fingerprint density at radius 2 is 2.35 bits per heavy atom. The van der Waals surface area contributed by atoms with Crippen molar-refractivity contribution >= 4 is 0 Å². The van der Waals surface area contributed by atoms with Crippen LogP contribution in [0.25, 0.3) is 0 Å². The first-order valence-electron chi connectivity index (χ1n) is 6.76. The summed E-state index contributed by atoms with van der Waals surface area (Å²) >= 11 is 0. The monoisotopic (exact) mass is 235 g/mol. The zero-order valence-electron chi connectivity index (χ0n) is 10.5. The predicted octanol–water partition coefficient (Wildman–Crippen LogP) is 1.52. The van der Waals surface area contributed by atoms with Gasteiger partial charge in [0.15, 0.2) is 0 Å². The minimum absolute atomic E-state index is 0.341. The van der Waals surface area contributed by atoms with Gasteiger partial charge >= 0.3 is 0 Å². The van der Waals surface area contributed by atoms with Gasteiger partial charge in [0.05, 0.1) is 0 Å². The average molecular weight is 235 g/mol. The number of aromatic nitrogens is 2. The fourth-order valence-corrected chi connectivity index (χ4v) is 3.17. The molecule has 4 heteroatoms. The minimum Gasteiger partial charge on any atom is -0.373 e. The summed E-state index contributed by atoms with van der Waals surface area (Å²) in [4.78, 5) is 7.04. The van der Waals surface area contributed by atoms with E-state index in [4.69, 9.17) is 0 Å². The number of hydrogen-bond acceptors (Lipinski definition) is 3. The second-order valence-electron chi connectivity index (χ2n) is 5.23. The molecule has 2 unspecified atom stereocenters. The lowest BCUT2D eigenvalue weighted by atomic mass is 10.1. The number of likely N-dealkylation sites (tertiary alicyclic amines) is 1. The highest BCUT2D eigenvalue weighted by Crippen LogP contribution is 2.32. The van der Waals surface area contributed by atoms with E-state index in [2.05, 4.69) is 21.4 Å². The molecular formula is C13H21N3O. The average Bonchev–Trinajstić information content (AvgIpc) is 2.94. The quantitative estimate of drug-likeness (QED) is 0.845. The number of aliphatic hydroxyl groups excluding tert-OH is 1. The Kier molecular flexibility index (Phi) is 2.92. The van der Waals surface area contributed by atoms with Gasteiger partial charge in [0.2, 0.25) is 0 Å². The smallest absolute Gasteiger partial charge is 0.132 e. The van der Waals surface area contributed by atoms with Crippen LogP contribution < -0.4 is 0 Å². The molecule has 2 atom stereocenters. The van der Waals surface area contributed by atoms with Gasteiger partial charge in [-0.15, -0.1) is 0 Å². The molecule has 0 spiro atoms. The summed E-state index contributed by atoms with van der Waals surface area (Å²) in [6.45, 7) is 5.59. The third-order valence-electron chi connectivity index (χ3n) is 4.18. The molecule has 1 aromatic heterocycles. The van der Waals surface area contributed by atoms with Gasteiger partial charge in [-0.1, -0.05) is 6.92 Å². The Hall–Kier alpha value is -0.870. The van der Waals surface area contributed by atoms with Crippen LogP contribution in [0.1, 0.15) is 49.9 Å². The first-order valence-corrected chi connectivity index (χ1v) is 6.76. The lowest BCUT2D eigenvalue weighted by Crippen LogP contribution is -2.23. The van der Waals surface area contributed by atoms with Crippen LogP contribution in [-0.4, -0.2) is 39.2 Å². The maximum absolute atomic E-state index is 10.1. The van der Waals surface area contributed by atoms with Gasteiger partial charge < -0.3 is 14.6 Å². The second-order valence-corrected chi connectivity index (χ2v) is 5.23. The molecule has 0 saturated carbocycles. The molecule has 3 rings (SSSR count). The van der Waals surface area contributed by atoms with E-state index < -0.39 is 0 Å². The van der Waals surface area contributed by atoms with Crippen molar-refractivity contribution in [3.8, 4) is 0 Å². The van der Waals surface area contributed by atoms with Crippen molar-refractivity contribution in [2.75, 3.05) is 19.6 Å². The van der Waals surface area contributed by atoms with Crippen molar-refractivity contribution in [2.24, 2.45) is 0 Å². The van der Waals surface area contributed by atoms with Crippen LogP contribution in [0.4, 0.5) is 0 Å². The predicted molar refractivity (Wildman–Crippen MR) is 65.9 cm³/mol. The SMILES string of the molecule is CCN1CCC(c2ncc3n2C(O)CCC3)C1. The van der Waals surface area contributed by atoms with Crippen LogP contribution in [0.15, 0.2) is 6.20 Å². The summed E-state index contributed by atoms with van der Waals surface area (Å²) in [6, 6.07) is 0. The molecular weight excluding hydrogens is 214 g/mol. The maximum Gasteiger partial charge on any atom is 0.132 e. The highest BCUT2D eigenvalue weighted by Gasteiger charge is 2.30. The lowest BCUT2D eigenvalue weighted by molar-refractivity contribution is 0.0746. The molecule has 3 heterocycles. The van der Waals surface area contributed by atoms with Gasteiger partial charge in [-0.05, 0) is 38.8 Å². The Morgan fingerprint density at radius 1 is 1.47 bits per heavy atom. The standard InChI is InChI=1S/C13H21N3O/c1-2-15-7-6-10(9-15)13-14-8-11-4-3-5-12(17)16(11)13/h8,10,12,17H,2-7,9H2,1H3. The molecule has 0 bridgehead atoms. The van der Waals surface area contributed by atoms with Crippen molar-refractivity contribution < 1.29 is 5.11 Å². The maximum atomic E-state index is 10.1. The normalized spacial score (nSPS) is 29.5. The van der Waals surface area contributed by atoms with E-state index in [-0.39, 0.29) is 6.23 Å². The highest BCUT2D eigenvalue weighted by atomic mass is 16.3. The minimum atomic E-state index is -0.341. The molecule has 0 aliphatic carbocycles. The molecule has 4 nitrogen and oxygen atoms in total. The van der Waals surface area contributed by atoms with E-state index in [1.54, 1.807) is 0 Å². The summed E-state index contributed by atoms with van der Waals surface area (Å²) in [5, 5.41) is 10.1. The molecule has 2 aliphatic heterocycles. The van der Waals surface area contributed by atoms with Gasteiger partial charge in [-0.3, -0.25) is 0 Å². The lowest BCUT2D eigenvalue weighted by Gasteiger charge is -2.24. The number of fused-ring (bicyclic) bond motifs is 1. The second kappa shape index (κ2) is 4.42. The van der Waals surface area contributed by atoms with E-state index in [1.807, 2.05) is 6.20 Å². The Bertz CT molecular complexity index is 401. The zero-order valence-corrected chi connectivity index (χ0v) is 10.5. The Morgan fingerprint density at radius 3 is 3.12 bits per heavy atom. The molecule has 0 aromatic carbocycles. The molecule has 0 amide bonds. The van der Waals surface area contributed by atoms with Crippen LogP contribution >= 0.6 is 0 Å². The third kappa shape index (κ3) is 1.89. The summed E-state index contributed by atoms with van der Waals surface area (Å²) in [5.74, 6) is 1.62.